The van der Waals surface area contributed by atoms with Crippen LogP contribution in [-0.2, 0) is 10.9 Å². The number of carbonyl (C=O) groups excluding carboxylic acids is 1. The first-order valence-electron chi connectivity index (χ1n) is 9.39. The largest absolute Gasteiger partial charge is 0.416 e. The summed E-state index contributed by atoms with van der Waals surface area (Å²) < 4.78 is 44.4. The monoisotopic (exact) mass is 393 g/mol. The Morgan fingerprint density at radius 1 is 1.25 bits per heavy atom. The molecule has 8 heteroatoms. The summed E-state index contributed by atoms with van der Waals surface area (Å²) in [7, 11) is 0. The van der Waals surface area contributed by atoms with Crippen molar-refractivity contribution in [2.24, 2.45) is 5.41 Å². The van der Waals surface area contributed by atoms with Crippen LogP contribution in [0.25, 0.3) is 11.4 Å². The van der Waals surface area contributed by atoms with Crippen molar-refractivity contribution in [1.82, 2.24) is 14.9 Å². The molecule has 0 saturated carbocycles. The van der Waals surface area contributed by atoms with E-state index < -0.39 is 11.7 Å². The Morgan fingerprint density at radius 2 is 2.00 bits per heavy atom. The number of benzene rings is 1. The number of carbonyl (C=O) groups is 1. The van der Waals surface area contributed by atoms with E-state index in [-0.39, 0.29) is 22.8 Å². The number of nitrogens with one attached hydrogen (secondary N) is 1. The van der Waals surface area contributed by atoms with Crippen LogP contribution < -0.4 is 0 Å². The highest BCUT2D eigenvalue weighted by Crippen LogP contribution is 2.40. The average Bonchev–Trinajstić information content (AvgIpc) is 3.25. The zero-order valence-electron chi connectivity index (χ0n) is 15.6. The fraction of sp³-hybridized carbons (Fsp3) is 0.500. The van der Waals surface area contributed by atoms with Crippen LogP contribution in [0.1, 0.15) is 41.0 Å². The Balaban J connectivity index is 1.56. The summed E-state index contributed by atoms with van der Waals surface area (Å²) in [6, 6.07) is 4.95. The van der Waals surface area contributed by atoms with Gasteiger partial charge in [-0.1, -0.05) is 12.1 Å². The average molecular weight is 393 g/mol. The lowest BCUT2D eigenvalue weighted by molar-refractivity contribution is -0.137. The van der Waals surface area contributed by atoms with Crippen molar-refractivity contribution in [3.8, 4) is 11.4 Å². The predicted molar refractivity (Wildman–Crippen MR) is 96.8 cm³/mol. The van der Waals surface area contributed by atoms with Crippen molar-refractivity contribution in [2.45, 2.75) is 32.4 Å². The van der Waals surface area contributed by atoms with E-state index >= 15 is 0 Å². The van der Waals surface area contributed by atoms with Gasteiger partial charge in [-0.2, -0.15) is 13.2 Å². The SMILES string of the molecule is Cc1[nH]c(-c2cccc(C(F)(F)F)c2)nc1C(=O)N1CCC2(CCOCC2)C1. The number of hydrogen-bond donors (Lipinski definition) is 1. The quantitative estimate of drug-likeness (QED) is 0.838. The van der Waals surface area contributed by atoms with Gasteiger partial charge >= 0.3 is 6.18 Å². The van der Waals surface area contributed by atoms with Gasteiger partial charge in [0.05, 0.1) is 5.56 Å². The molecule has 1 spiro atoms. The number of hydrogen-bond acceptors (Lipinski definition) is 3. The number of nitrogens with zero attached hydrogens (tertiary/aromatic N) is 2. The second-order valence-corrected chi connectivity index (χ2v) is 7.73. The van der Waals surface area contributed by atoms with E-state index in [2.05, 4.69) is 9.97 Å². The number of likely N-dealkylation sites (tertiary alicyclic amines) is 1. The Labute approximate surface area is 160 Å². The molecule has 0 radical (unpaired) electrons. The predicted octanol–water partition coefficient (Wildman–Crippen LogP) is 4.05. The molecular formula is C20H22F3N3O2. The molecule has 2 aliphatic heterocycles. The molecule has 1 aromatic heterocycles. The molecule has 0 bridgehead atoms. The van der Waals surface area contributed by atoms with Gasteiger partial charge < -0.3 is 14.6 Å². The van der Waals surface area contributed by atoms with Crippen molar-refractivity contribution in [1.29, 1.82) is 0 Å². The molecule has 0 aliphatic carbocycles. The molecular weight excluding hydrogens is 371 g/mol. The van der Waals surface area contributed by atoms with Crippen LogP contribution in [0.2, 0.25) is 0 Å². The number of imidazole rings is 1. The minimum Gasteiger partial charge on any atom is -0.381 e. The lowest BCUT2D eigenvalue weighted by atomic mass is 9.80. The molecule has 4 rings (SSSR count). The lowest BCUT2D eigenvalue weighted by Crippen LogP contribution is -2.35. The van der Waals surface area contributed by atoms with Crippen LogP contribution in [-0.4, -0.2) is 47.1 Å². The normalized spacial score (nSPS) is 19.4. The lowest BCUT2D eigenvalue weighted by Gasteiger charge is -2.33. The standard InChI is InChI=1S/C20H22F3N3O2/c1-13-16(18(27)26-8-5-19(12-26)6-9-28-10-7-19)25-17(24-13)14-3-2-4-15(11-14)20(21,22)23/h2-4,11H,5-10,12H2,1H3,(H,24,25). The van der Waals surface area contributed by atoms with Gasteiger partial charge in [0, 0.05) is 37.6 Å². The molecule has 1 aromatic carbocycles. The zero-order chi connectivity index (χ0) is 19.9. The highest BCUT2D eigenvalue weighted by atomic mass is 19.4. The molecule has 5 nitrogen and oxygen atoms in total. The highest BCUT2D eigenvalue weighted by Gasteiger charge is 2.41. The summed E-state index contributed by atoms with van der Waals surface area (Å²) in [4.78, 5) is 22.1. The smallest absolute Gasteiger partial charge is 0.381 e. The molecule has 2 aromatic rings. The second-order valence-electron chi connectivity index (χ2n) is 7.73. The molecule has 0 atom stereocenters. The first kappa shape index (κ1) is 19.0. The van der Waals surface area contributed by atoms with Gasteiger partial charge in [-0.15, -0.1) is 0 Å². The third-order valence-electron chi connectivity index (χ3n) is 5.83. The van der Waals surface area contributed by atoms with Crippen molar-refractivity contribution in [3.63, 3.8) is 0 Å². The molecule has 1 N–H and O–H groups in total. The zero-order valence-corrected chi connectivity index (χ0v) is 15.6. The number of rotatable bonds is 2. The van der Waals surface area contributed by atoms with Crippen LogP contribution in [0.15, 0.2) is 24.3 Å². The molecule has 1 amide bonds. The van der Waals surface area contributed by atoms with Crippen molar-refractivity contribution in [2.75, 3.05) is 26.3 Å². The maximum Gasteiger partial charge on any atom is 0.416 e. The fourth-order valence-corrected chi connectivity index (χ4v) is 4.12. The van der Waals surface area contributed by atoms with E-state index in [9.17, 15) is 18.0 Å². The third kappa shape index (κ3) is 3.53. The van der Waals surface area contributed by atoms with Crippen LogP contribution in [0, 0.1) is 12.3 Å². The minimum absolute atomic E-state index is 0.127. The highest BCUT2D eigenvalue weighted by molar-refractivity contribution is 5.94. The molecule has 150 valence electrons. The maximum absolute atomic E-state index is 13.0. The van der Waals surface area contributed by atoms with Gasteiger partial charge in [-0.05, 0) is 43.7 Å². The molecule has 3 heterocycles. The van der Waals surface area contributed by atoms with E-state index in [1.54, 1.807) is 13.0 Å². The first-order valence-corrected chi connectivity index (χ1v) is 9.39. The van der Waals surface area contributed by atoms with Crippen LogP contribution in [0.3, 0.4) is 0 Å². The van der Waals surface area contributed by atoms with E-state index in [1.807, 2.05) is 4.90 Å². The number of alkyl halides is 3. The fourth-order valence-electron chi connectivity index (χ4n) is 4.12. The summed E-state index contributed by atoms with van der Waals surface area (Å²) in [6.07, 6.45) is -1.58. The first-order chi connectivity index (χ1) is 13.3. The molecule has 2 saturated heterocycles. The summed E-state index contributed by atoms with van der Waals surface area (Å²) in [5.74, 6) is 0.0993. The minimum atomic E-state index is -4.43. The maximum atomic E-state index is 13.0. The Hall–Kier alpha value is -2.35. The van der Waals surface area contributed by atoms with Gasteiger partial charge in [-0.3, -0.25) is 4.79 Å². The Kier molecular flexibility index (Phi) is 4.69. The molecule has 2 fully saturated rings. The van der Waals surface area contributed by atoms with Crippen molar-refractivity contribution in [3.05, 3.63) is 41.2 Å². The van der Waals surface area contributed by atoms with E-state index in [0.29, 0.717) is 24.3 Å². The van der Waals surface area contributed by atoms with Gasteiger partial charge in [0.2, 0.25) is 0 Å². The second kappa shape index (κ2) is 6.92. The number of aromatic nitrogens is 2. The van der Waals surface area contributed by atoms with Gasteiger partial charge in [-0.25, -0.2) is 4.98 Å². The number of aryl methyl sites for hydroxylation is 1. The van der Waals surface area contributed by atoms with Gasteiger partial charge in [0.1, 0.15) is 11.5 Å². The number of H-pyrrole nitrogens is 1. The van der Waals surface area contributed by atoms with E-state index in [0.717, 1.165) is 44.6 Å². The van der Waals surface area contributed by atoms with Crippen LogP contribution in [0.5, 0.6) is 0 Å². The van der Waals surface area contributed by atoms with Crippen molar-refractivity contribution < 1.29 is 22.7 Å². The van der Waals surface area contributed by atoms with Gasteiger partial charge in [0.15, 0.2) is 0 Å². The van der Waals surface area contributed by atoms with Crippen LogP contribution >= 0.6 is 0 Å². The van der Waals surface area contributed by atoms with Crippen LogP contribution in [0.4, 0.5) is 13.2 Å². The topological polar surface area (TPSA) is 58.2 Å². The van der Waals surface area contributed by atoms with Crippen molar-refractivity contribution >= 4 is 5.91 Å². The third-order valence-corrected chi connectivity index (χ3v) is 5.83. The Bertz CT molecular complexity index is 885. The summed E-state index contributed by atoms with van der Waals surface area (Å²) in [6.45, 7) is 4.52. The van der Waals surface area contributed by atoms with E-state index in [4.69, 9.17) is 4.74 Å². The summed E-state index contributed by atoms with van der Waals surface area (Å²) in [5, 5.41) is 0. The number of halogens is 3. The number of aromatic amines is 1. The molecule has 28 heavy (non-hydrogen) atoms. The summed E-state index contributed by atoms with van der Waals surface area (Å²) >= 11 is 0. The van der Waals surface area contributed by atoms with E-state index in [1.165, 1.54) is 6.07 Å². The number of ether oxygens (including phenoxy) is 1. The number of amides is 1. The summed E-state index contributed by atoms with van der Waals surface area (Å²) in [5.41, 5.74) is 0.524. The van der Waals surface area contributed by atoms with Gasteiger partial charge in [0.25, 0.3) is 5.91 Å². The Morgan fingerprint density at radius 3 is 2.71 bits per heavy atom. The molecule has 0 unspecified atom stereocenters. The molecule has 2 aliphatic rings.